The number of thiazole rings is 1. The monoisotopic (exact) mass is 360 g/mol. The quantitative estimate of drug-likeness (QED) is 0.736. The van der Waals surface area contributed by atoms with Crippen molar-refractivity contribution in [3.05, 3.63) is 64.5 Å². The van der Waals surface area contributed by atoms with Crippen molar-refractivity contribution in [1.29, 1.82) is 0 Å². The van der Waals surface area contributed by atoms with Crippen LogP contribution in [0.15, 0.2) is 41.8 Å². The number of methoxy groups -OCH3 is 1. The van der Waals surface area contributed by atoms with Gasteiger partial charge in [0, 0.05) is 10.9 Å². The van der Waals surface area contributed by atoms with Gasteiger partial charge in [0.15, 0.2) is 16.8 Å². The fourth-order valence-corrected chi connectivity index (χ4v) is 3.00. The number of nitrogens with zero attached hydrogens (tertiary/aromatic N) is 1. The Balaban J connectivity index is 1.83. The highest BCUT2D eigenvalue weighted by Gasteiger charge is 2.15. The van der Waals surface area contributed by atoms with Crippen molar-refractivity contribution in [3.8, 4) is 17.0 Å². The maximum Gasteiger partial charge on any atom is 0.261 e. The summed E-state index contributed by atoms with van der Waals surface area (Å²) in [5, 5.41) is 4.71. The molecule has 0 saturated heterocycles. The zero-order valence-electron chi connectivity index (χ0n) is 13.5. The van der Waals surface area contributed by atoms with Crippen LogP contribution in [0.4, 0.5) is 13.9 Å². The second-order valence-corrected chi connectivity index (χ2v) is 6.18. The molecular weight excluding hydrogens is 346 g/mol. The van der Waals surface area contributed by atoms with E-state index in [0.29, 0.717) is 27.7 Å². The summed E-state index contributed by atoms with van der Waals surface area (Å²) in [6, 6.07) is 8.83. The second-order valence-electron chi connectivity index (χ2n) is 5.32. The van der Waals surface area contributed by atoms with E-state index in [1.807, 2.05) is 13.0 Å². The van der Waals surface area contributed by atoms with Gasteiger partial charge in [-0.25, -0.2) is 13.8 Å². The maximum atomic E-state index is 13.3. The number of amides is 1. The van der Waals surface area contributed by atoms with Crippen LogP contribution in [0.2, 0.25) is 0 Å². The Bertz CT molecular complexity index is 941. The second kappa shape index (κ2) is 6.98. The normalized spacial score (nSPS) is 10.6. The van der Waals surface area contributed by atoms with Gasteiger partial charge in [0.25, 0.3) is 5.91 Å². The van der Waals surface area contributed by atoms with E-state index in [0.717, 1.165) is 17.7 Å². The third kappa shape index (κ3) is 3.66. The van der Waals surface area contributed by atoms with Crippen LogP contribution in [0.1, 0.15) is 15.9 Å². The zero-order chi connectivity index (χ0) is 18.0. The summed E-state index contributed by atoms with van der Waals surface area (Å²) in [7, 11) is 1.49. The van der Waals surface area contributed by atoms with Crippen molar-refractivity contribution in [1.82, 2.24) is 4.98 Å². The third-order valence-electron chi connectivity index (χ3n) is 3.54. The molecule has 0 aliphatic rings. The van der Waals surface area contributed by atoms with Crippen LogP contribution in [0.5, 0.6) is 5.75 Å². The first kappa shape index (κ1) is 17.0. The molecule has 0 spiro atoms. The predicted molar refractivity (Wildman–Crippen MR) is 93.2 cm³/mol. The minimum absolute atomic E-state index is 0.355. The van der Waals surface area contributed by atoms with E-state index in [9.17, 15) is 13.6 Å². The molecule has 0 atom stereocenters. The van der Waals surface area contributed by atoms with Crippen LogP contribution in [0.25, 0.3) is 11.3 Å². The number of halogens is 2. The molecule has 3 aromatic rings. The molecule has 0 unspecified atom stereocenters. The van der Waals surface area contributed by atoms with Gasteiger partial charge >= 0.3 is 0 Å². The average Bonchev–Trinajstić information content (AvgIpc) is 3.05. The molecule has 1 N–H and O–H groups in total. The number of hydrogen-bond acceptors (Lipinski definition) is 4. The Morgan fingerprint density at radius 2 is 1.96 bits per heavy atom. The van der Waals surface area contributed by atoms with Gasteiger partial charge in [-0.1, -0.05) is 11.6 Å². The molecule has 7 heteroatoms. The van der Waals surface area contributed by atoms with Crippen LogP contribution in [-0.2, 0) is 0 Å². The molecule has 2 aromatic carbocycles. The van der Waals surface area contributed by atoms with Crippen molar-refractivity contribution >= 4 is 22.4 Å². The van der Waals surface area contributed by atoms with Gasteiger partial charge in [-0.2, -0.15) is 0 Å². The maximum absolute atomic E-state index is 13.3. The molecule has 1 amide bonds. The molecule has 0 fully saturated rings. The molecule has 1 aromatic heterocycles. The first-order valence-corrected chi connectivity index (χ1v) is 8.23. The highest BCUT2D eigenvalue weighted by molar-refractivity contribution is 7.14. The van der Waals surface area contributed by atoms with Crippen molar-refractivity contribution in [2.45, 2.75) is 6.92 Å². The molecule has 0 bridgehead atoms. The van der Waals surface area contributed by atoms with Gasteiger partial charge in [0.2, 0.25) is 0 Å². The van der Waals surface area contributed by atoms with Gasteiger partial charge in [-0.3, -0.25) is 10.1 Å². The Kier molecular flexibility index (Phi) is 4.76. The summed E-state index contributed by atoms with van der Waals surface area (Å²) < 4.78 is 31.6. The number of ether oxygens (including phenoxy) is 1. The minimum Gasteiger partial charge on any atom is -0.496 e. The Morgan fingerprint density at radius 3 is 2.68 bits per heavy atom. The fraction of sp³-hybridized carbons (Fsp3) is 0.111. The molecule has 0 aliphatic carbocycles. The number of carbonyl (C=O) groups is 1. The molecule has 128 valence electrons. The summed E-state index contributed by atoms with van der Waals surface area (Å²) in [5.41, 5.74) is 2.21. The number of aryl methyl sites for hydroxylation is 1. The van der Waals surface area contributed by atoms with E-state index in [1.165, 1.54) is 24.5 Å². The highest BCUT2D eigenvalue weighted by atomic mass is 32.1. The largest absolute Gasteiger partial charge is 0.496 e. The van der Waals surface area contributed by atoms with Crippen LogP contribution in [0.3, 0.4) is 0 Å². The first-order valence-electron chi connectivity index (χ1n) is 7.35. The highest BCUT2D eigenvalue weighted by Crippen LogP contribution is 2.27. The summed E-state index contributed by atoms with van der Waals surface area (Å²) >= 11 is 1.20. The van der Waals surface area contributed by atoms with E-state index in [4.69, 9.17) is 4.74 Å². The Labute approximate surface area is 147 Å². The lowest BCUT2D eigenvalue weighted by molar-refractivity contribution is 0.102. The van der Waals surface area contributed by atoms with Gasteiger partial charge in [-0.15, -0.1) is 11.3 Å². The molecule has 0 radical (unpaired) electrons. The van der Waals surface area contributed by atoms with E-state index >= 15 is 0 Å². The zero-order valence-corrected chi connectivity index (χ0v) is 14.3. The summed E-state index contributed by atoms with van der Waals surface area (Å²) in [6.45, 7) is 1.88. The average molecular weight is 360 g/mol. The third-order valence-corrected chi connectivity index (χ3v) is 4.30. The van der Waals surface area contributed by atoms with E-state index in [-0.39, 0.29) is 5.91 Å². The van der Waals surface area contributed by atoms with Crippen molar-refractivity contribution in [2.75, 3.05) is 12.4 Å². The number of carbonyl (C=O) groups excluding carboxylic acids is 1. The summed E-state index contributed by atoms with van der Waals surface area (Å²) in [5.74, 6) is -1.76. The van der Waals surface area contributed by atoms with Crippen LogP contribution >= 0.6 is 11.3 Å². The molecular formula is C18H14F2N2O2S. The smallest absolute Gasteiger partial charge is 0.261 e. The van der Waals surface area contributed by atoms with Gasteiger partial charge in [-0.05, 0) is 37.3 Å². The summed E-state index contributed by atoms with van der Waals surface area (Å²) in [6.07, 6.45) is 0. The molecule has 4 nitrogen and oxygen atoms in total. The van der Waals surface area contributed by atoms with Gasteiger partial charge < -0.3 is 4.74 Å². The fourth-order valence-electron chi connectivity index (χ4n) is 2.28. The van der Waals surface area contributed by atoms with E-state index < -0.39 is 11.6 Å². The van der Waals surface area contributed by atoms with E-state index in [2.05, 4.69) is 10.3 Å². The van der Waals surface area contributed by atoms with Crippen molar-refractivity contribution < 1.29 is 18.3 Å². The number of anilines is 1. The van der Waals surface area contributed by atoms with Crippen molar-refractivity contribution in [3.63, 3.8) is 0 Å². The van der Waals surface area contributed by atoms with Crippen LogP contribution in [0, 0.1) is 18.6 Å². The molecule has 0 saturated carbocycles. The Hall–Kier alpha value is -2.80. The van der Waals surface area contributed by atoms with Crippen molar-refractivity contribution in [2.24, 2.45) is 0 Å². The number of nitrogens with one attached hydrogen (secondary N) is 1. The number of rotatable bonds is 4. The van der Waals surface area contributed by atoms with Crippen LogP contribution < -0.4 is 10.1 Å². The lowest BCUT2D eigenvalue weighted by Crippen LogP contribution is -2.13. The number of aromatic nitrogens is 1. The summed E-state index contributed by atoms with van der Waals surface area (Å²) in [4.78, 5) is 16.7. The molecule has 25 heavy (non-hydrogen) atoms. The Morgan fingerprint density at radius 1 is 1.16 bits per heavy atom. The topological polar surface area (TPSA) is 51.2 Å². The van der Waals surface area contributed by atoms with Gasteiger partial charge in [0.1, 0.15) is 5.75 Å². The molecule has 1 heterocycles. The minimum atomic E-state index is -0.944. The SMILES string of the molecule is COc1ccc(C)cc1C(=O)Nc1nc(-c2ccc(F)c(F)c2)cs1. The standard InChI is InChI=1S/C18H14F2N2O2S/c1-10-3-6-16(24-2)12(7-10)17(23)22-18-21-15(9-25-18)11-4-5-13(19)14(20)8-11/h3-9H,1-2H3,(H,21,22,23). The van der Waals surface area contributed by atoms with E-state index in [1.54, 1.807) is 17.5 Å². The number of benzene rings is 2. The molecule has 0 aliphatic heterocycles. The number of hydrogen-bond donors (Lipinski definition) is 1. The first-order chi connectivity index (χ1) is 12.0. The lowest BCUT2D eigenvalue weighted by atomic mass is 10.1. The van der Waals surface area contributed by atoms with Gasteiger partial charge in [0.05, 0.1) is 18.4 Å². The lowest BCUT2D eigenvalue weighted by Gasteiger charge is -2.08. The predicted octanol–water partition coefficient (Wildman–Crippen LogP) is 4.66. The van der Waals surface area contributed by atoms with Crippen LogP contribution in [-0.4, -0.2) is 18.0 Å². The molecule has 3 rings (SSSR count).